The third-order valence-corrected chi connectivity index (χ3v) is 12.4. The van der Waals surface area contributed by atoms with E-state index in [0.29, 0.717) is 108 Å². The summed E-state index contributed by atoms with van der Waals surface area (Å²) in [5.74, 6) is -1.16. The van der Waals surface area contributed by atoms with E-state index in [1.807, 2.05) is 41.5 Å². The van der Waals surface area contributed by atoms with Gasteiger partial charge in [0.15, 0.2) is 0 Å². The topological polar surface area (TPSA) is 127 Å². The molecule has 0 aromatic rings. The monoisotopic (exact) mass is 753 g/mol. The summed E-state index contributed by atoms with van der Waals surface area (Å²) in [7, 11) is 0. The van der Waals surface area contributed by atoms with Gasteiger partial charge in [0.25, 0.3) is 0 Å². The van der Waals surface area contributed by atoms with Crippen LogP contribution in [0.5, 0.6) is 0 Å². The molecule has 1 rings (SSSR count). The number of carbonyl (C=O) groups is 3. The number of carbonyl (C=O) groups excluding carboxylic acids is 3. The molecule has 308 valence electrons. The van der Waals surface area contributed by atoms with Crippen molar-refractivity contribution in [3.8, 4) is 0 Å². The highest BCUT2D eigenvalue weighted by atomic mass is 16.6. The number of ether oxygens (including phenoxy) is 6. The lowest BCUT2D eigenvalue weighted by molar-refractivity contribution is -0.242. The van der Waals surface area contributed by atoms with Crippen LogP contribution >= 0.6 is 0 Å². The summed E-state index contributed by atoms with van der Waals surface area (Å²) in [6, 6.07) is 0. The van der Waals surface area contributed by atoms with E-state index in [0.717, 1.165) is 0 Å². The summed E-state index contributed by atoms with van der Waals surface area (Å²) < 4.78 is 37.8. The Kier molecular flexibility index (Phi) is 18.4. The maximum absolute atomic E-state index is 12.4. The van der Waals surface area contributed by atoms with E-state index in [9.17, 15) is 19.5 Å². The van der Waals surface area contributed by atoms with Crippen molar-refractivity contribution in [1.82, 2.24) is 0 Å². The van der Waals surface area contributed by atoms with Gasteiger partial charge in [-0.05, 0) is 106 Å². The van der Waals surface area contributed by atoms with Gasteiger partial charge in [-0.15, -0.1) is 0 Å². The first-order chi connectivity index (χ1) is 24.4. The van der Waals surface area contributed by atoms with Crippen LogP contribution in [0.4, 0.5) is 0 Å². The molecule has 1 aliphatic rings. The first kappa shape index (κ1) is 48.7. The molecule has 0 bridgehead atoms. The molecule has 1 N–H and O–H groups in total. The third kappa shape index (κ3) is 13.8. The van der Waals surface area contributed by atoms with Crippen molar-refractivity contribution in [2.75, 3.05) is 26.4 Å². The van der Waals surface area contributed by atoms with Gasteiger partial charge in [-0.25, -0.2) is 9.59 Å². The molecule has 0 saturated heterocycles. The second-order valence-corrected chi connectivity index (χ2v) is 17.0. The third-order valence-electron chi connectivity index (χ3n) is 12.4. The second-order valence-electron chi connectivity index (χ2n) is 17.0. The van der Waals surface area contributed by atoms with Crippen molar-refractivity contribution in [1.29, 1.82) is 0 Å². The van der Waals surface area contributed by atoms with E-state index in [1.165, 1.54) is 6.92 Å². The zero-order valence-electron chi connectivity index (χ0n) is 35.8. The molecule has 0 aliphatic heterocycles. The smallest absolute Gasteiger partial charge is 0.333 e. The molecule has 0 amide bonds. The molecule has 0 heterocycles. The maximum Gasteiger partial charge on any atom is 0.333 e. The van der Waals surface area contributed by atoms with Crippen LogP contribution < -0.4 is 0 Å². The Morgan fingerprint density at radius 2 is 1.09 bits per heavy atom. The fraction of sp³-hybridized carbons (Fsp3) is 0.837. The van der Waals surface area contributed by atoms with Gasteiger partial charge in [-0.2, -0.15) is 0 Å². The Labute approximate surface area is 322 Å². The van der Waals surface area contributed by atoms with E-state index >= 15 is 0 Å². The standard InChI is InChI=1S/C43H76O10/c1-16-37(11,51-34(10)45)24-27-49-41(15)21-22-43(20-5,50-28-25-39(13,18-3)53-36(47)33(8)9)30-42(41,31-44)29-40(14,19-4)48-26-23-38(12,17-2)52-35(46)32(6)7/h44H,6,8,16-31H2,1-5,7,9-15H3. The molecule has 10 nitrogen and oxygen atoms in total. The maximum atomic E-state index is 12.4. The Morgan fingerprint density at radius 1 is 0.660 bits per heavy atom. The number of aliphatic hydroxyl groups excluding tert-OH is 1. The first-order valence-electron chi connectivity index (χ1n) is 19.9. The Bertz CT molecular complexity index is 1250. The Balaban J connectivity index is 3.49. The van der Waals surface area contributed by atoms with Crippen molar-refractivity contribution in [3.63, 3.8) is 0 Å². The molecule has 0 aromatic carbocycles. The van der Waals surface area contributed by atoms with E-state index < -0.39 is 51.0 Å². The fourth-order valence-electron chi connectivity index (χ4n) is 7.26. The zero-order chi connectivity index (χ0) is 40.9. The van der Waals surface area contributed by atoms with Gasteiger partial charge in [0.2, 0.25) is 0 Å². The quantitative estimate of drug-likeness (QED) is 0.0548. The average molecular weight is 753 g/mol. The predicted molar refractivity (Wildman–Crippen MR) is 209 cm³/mol. The van der Waals surface area contributed by atoms with Crippen LogP contribution in [0.25, 0.3) is 0 Å². The molecule has 1 aliphatic carbocycles. The number of aliphatic hydroxyl groups is 1. The summed E-state index contributed by atoms with van der Waals surface area (Å²) >= 11 is 0. The normalized spacial score (nSPS) is 26.2. The van der Waals surface area contributed by atoms with Crippen LogP contribution in [0.3, 0.4) is 0 Å². The van der Waals surface area contributed by atoms with Crippen molar-refractivity contribution < 1.29 is 47.9 Å². The summed E-state index contributed by atoms with van der Waals surface area (Å²) in [6.07, 6.45) is 7.13. The van der Waals surface area contributed by atoms with E-state index in [1.54, 1.807) is 13.8 Å². The molecular formula is C43H76O10. The van der Waals surface area contributed by atoms with Crippen molar-refractivity contribution in [3.05, 3.63) is 24.3 Å². The first-order valence-corrected chi connectivity index (χ1v) is 19.9. The number of hydrogen-bond acceptors (Lipinski definition) is 10. The van der Waals surface area contributed by atoms with Gasteiger partial charge in [0.1, 0.15) is 16.8 Å². The minimum Gasteiger partial charge on any atom is -0.459 e. The minimum atomic E-state index is -0.781. The van der Waals surface area contributed by atoms with E-state index in [4.69, 9.17) is 28.4 Å². The molecule has 53 heavy (non-hydrogen) atoms. The number of esters is 3. The lowest BCUT2D eigenvalue weighted by Crippen LogP contribution is -2.62. The Hall–Kier alpha value is -2.27. The SMILES string of the molecule is C=C(C)C(=O)OC(C)(CC)CCOC(C)(CC)CC1(CO)CC(CC)(OCCC(C)(CC)OC(=O)C(=C)C)CCC1(C)OCCC(C)(CC)OC(C)=O. The number of rotatable bonds is 25. The molecule has 0 spiro atoms. The van der Waals surface area contributed by atoms with Crippen LogP contribution in [-0.2, 0) is 42.8 Å². The molecule has 1 saturated carbocycles. The van der Waals surface area contributed by atoms with Crippen LogP contribution in [0, 0.1) is 5.41 Å². The predicted octanol–water partition coefficient (Wildman–Crippen LogP) is 9.14. The molecule has 7 atom stereocenters. The van der Waals surface area contributed by atoms with Gasteiger partial charge < -0.3 is 33.5 Å². The van der Waals surface area contributed by atoms with Crippen molar-refractivity contribution in [2.24, 2.45) is 5.41 Å². The summed E-state index contributed by atoms with van der Waals surface area (Å²) in [5, 5.41) is 11.6. The summed E-state index contributed by atoms with van der Waals surface area (Å²) in [6.45, 7) is 33.2. The Morgan fingerprint density at radius 3 is 1.49 bits per heavy atom. The fourth-order valence-corrected chi connectivity index (χ4v) is 7.26. The van der Waals surface area contributed by atoms with E-state index in [2.05, 4.69) is 40.9 Å². The highest BCUT2D eigenvalue weighted by Gasteiger charge is 2.59. The highest BCUT2D eigenvalue weighted by molar-refractivity contribution is 5.87. The zero-order valence-corrected chi connectivity index (χ0v) is 35.8. The van der Waals surface area contributed by atoms with Gasteiger partial charge in [0.05, 0.1) is 43.2 Å². The van der Waals surface area contributed by atoms with Crippen LogP contribution in [-0.4, -0.2) is 83.0 Å². The van der Waals surface area contributed by atoms with Crippen LogP contribution in [0.2, 0.25) is 0 Å². The largest absolute Gasteiger partial charge is 0.459 e. The molecule has 0 aromatic heterocycles. The van der Waals surface area contributed by atoms with Crippen molar-refractivity contribution >= 4 is 17.9 Å². The van der Waals surface area contributed by atoms with Crippen molar-refractivity contribution in [2.45, 2.75) is 201 Å². The van der Waals surface area contributed by atoms with E-state index in [-0.39, 0.29) is 12.6 Å². The second kappa shape index (κ2) is 20.1. The lowest BCUT2D eigenvalue weighted by Gasteiger charge is -2.58. The molecule has 10 heteroatoms. The van der Waals surface area contributed by atoms with Gasteiger partial charge in [0, 0.05) is 42.7 Å². The summed E-state index contributed by atoms with van der Waals surface area (Å²) in [4.78, 5) is 36.8. The molecular weight excluding hydrogens is 676 g/mol. The minimum absolute atomic E-state index is 0.158. The van der Waals surface area contributed by atoms with Gasteiger partial charge in [-0.1, -0.05) is 47.8 Å². The average Bonchev–Trinajstić information content (AvgIpc) is 3.09. The molecule has 1 fully saturated rings. The molecule has 0 radical (unpaired) electrons. The van der Waals surface area contributed by atoms with Gasteiger partial charge >= 0.3 is 17.9 Å². The number of hydrogen-bond donors (Lipinski definition) is 1. The lowest BCUT2D eigenvalue weighted by atomic mass is 9.55. The van der Waals surface area contributed by atoms with Gasteiger partial charge in [-0.3, -0.25) is 4.79 Å². The highest BCUT2D eigenvalue weighted by Crippen LogP contribution is 2.56. The van der Waals surface area contributed by atoms with Crippen LogP contribution in [0.1, 0.15) is 167 Å². The van der Waals surface area contributed by atoms with Crippen LogP contribution in [0.15, 0.2) is 24.3 Å². The summed E-state index contributed by atoms with van der Waals surface area (Å²) in [5.41, 5.74) is -4.16. The molecule has 7 unspecified atom stereocenters.